The Balaban J connectivity index is 2.34. The van der Waals surface area contributed by atoms with E-state index in [2.05, 4.69) is 6.07 Å². The zero-order chi connectivity index (χ0) is 18.4. The van der Waals surface area contributed by atoms with Gasteiger partial charge in [0.25, 0.3) is 5.69 Å². The van der Waals surface area contributed by atoms with Crippen molar-refractivity contribution in [2.75, 3.05) is 0 Å². The van der Waals surface area contributed by atoms with E-state index in [1.54, 1.807) is 36.4 Å². The highest BCUT2D eigenvalue weighted by Gasteiger charge is 2.10. The number of nitro groups is 1. The number of nitriles is 1. The van der Waals surface area contributed by atoms with E-state index < -0.39 is 4.92 Å². The molecule has 1 atom stereocenters. The molecule has 0 aromatic heterocycles. The molecule has 2 aromatic rings. The molecule has 2 rings (SSSR count). The molecule has 0 amide bonds. The van der Waals surface area contributed by atoms with Crippen molar-refractivity contribution in [1.82, 2.24) is 0 Å². The highest BCUT2D eigenvalue weighted by Crippen LogP contribution is 2.29. The van der Waals surface area contributed by atoms with E-state index >= 15 is 0 Å². The average molecular weight is 357 g/mol. The molecule has 0 unspecified atom stereocenters. The van der Waals surface area contributed by atoms with E-state index in [4.69, 9.17) is 16.3 Å². The largest absolute Gasteiger partial charge is 0.489 e. The minimum absolute atomic E-state index is 0.0541. The summed E-state index contributed by atoms with van der Waals surface area (Å²) in [4.78, 5) is 10.4. The lowest BCUT2D eigenvalue weighted by molar-refractivity contribution is -0.384. The summed E-state index contributed by atoms with van der Waals surface area (Å²) in [5.41, 5.74) is 1.45. The SMILES string of the molecule is CC[C@H](C)Oc1ccc(/C=C(/C#N)c2cccc([N+](=O)[O-])c2)cc1Cl. The lowest BCUT2D eigenvalue weighted by atomic mass is 10.0. The lowest BCUT2D eigenvalue weighted by Crippen LogP contribution is -2.09. The van der Waals surface area contributed by atoms with Crippen LogP contribution in [0, 0.1) is 21.4 Å². The van der Waals surface area contributed by atoms with Crippen LogP contribution in [0.1, 0.15) is 31.4 Å². The van der Waals surface area contributed by atoms with Crippen molar-refractivity contribution in [3.05, 3.63) is 68.7 Å². The van der Waals surface area contributed by atoms with Gasteiger partial charge in [-0.15, -0.1) is 0 Å². The number of ether oxygens (including phenoxy) is 1. The summed E-state index contributed by atoms with van der Waals surface area (Å²) in [5.74, 6) is 0.585. The molecular weight excluding hydrogens is 340 g/mol. The Labute approximate surface area is 151 Å². The first-order valence-corrected chi connectivity index (χ1v) is 8.15. The number of nitrogens with zero attached hydrogens (tertiary/aromatic N) is 2. The fourth-order valence-corrected chi connectivity index (χ4v) is 2.37. The minimum atomic E-state index is -0.490. The second kappa shape index (κ2) is 8.32. The van der Waals surface area contributed by atoms with Gasteiger partial charge in [0, 0.05) is 12.1 Å². The van der Waals surface area contributed by atoms with Crippen molar-refractivity contribution in [2.24, 2.45) is 0 Å². The average Bonchev–Trinajstić information content (AvgIpc) is 2.61. The topological polar surface area (TPSA) is 76.2 Å². The lowest BCUT2D eigenvalue weighted by Gasteiger charge is -2.14. The number of non-ortho nitro benzene ring substituents is 1. The van der Waals surface area contributed by atoms with Crippen LogP contribution in [0.4, 0.5) is 5.69 Å². The molecule has 6 heteroatoms. The van der Waals surface area contributed by atoms with Crippen LogP contribution >= 0.6 is 11.6 Å². The summed E-state index contributed by atoms with van der Waals surface area (Å²) in [6.07, 6.45) is 2.56. The van der Waals surface area contributed by atoms with E-state index in [-0.39, 0.29) is 11.8 Å². The van der Waals surface area contributed by atoms with Crippen molar-refractivity contribution in [3.63, 3.8) is 0 Å². The molecule has 128 valence electrons. The fourth-order valence-electron chi connectivity index (χ4n) is 2.14. The maximum absolute atomic E-state index is 10.9. The van der Waals surface area contributed by atoms with E-state index in [1.807, 2.05) is 13.8 Å². The van der Waals surface area contributed by atoms with Gasteiger partial charge in [0.15, 0.2) is 0 Å². The van der Waals surface area contributed by atoms with Gasteiger partial charge >= 0.3 is 0 Å². The van der Waals surface area contributed by atoms with Crippen molar-refractivity contribution in [1.29, 1.82) is 5.26 Å². The van der Waals surface area contributed by atoms with Crippen molar-refractivity contribution < 1.29 is 9.66 Å². The molecule has 0 heterocycles. The van der Waals surface area contributed by atoms with Gasteiger partial charge < -0.3 is 4.74 Å². The molecule has 0 spiro atoms. The predicted octanol–water partition coefficient (Wildman–Crippen LogP) is 5.49. The third-order valence-electron chi connectivity index (χ3n) is 3.66. The quantitative estimate of drug-likeness (QED) is 0.297. The molecular formula is C19H17ClN2O3. The maximum Gasteiger partial charge on any atom is 0.270 e. The first kappa shape index (κ1) is 18.5. The second-order valence-corrected chi connectivity index (χ2v) is 5.91. The second-order valence-electron chi connectivity index (χ2n) is 5.50. The summed E-state index contributed by atoms with van der Waals surface area (Å²) in [5, 5.41) is 20.7. The minimum Gasteiger partial charge on any atom is -0.489 e. The number of halogens is 1. The Bertz CT molecular complexity index is 856. The first-order valence-electron chi connectivity index (χ1n) is 7.77. The van der Waals surface area contributed by atoms with Gasteiger partial charge in [-0.2, -0.15) is 5.26 Å². The molecule has 2 aromatic carbocycles. The molecule has 0 N–H and O–H groups in total. The maximum atomic E-state index is 10.9. The standard InChI is InChI=1S/C19H17ClN2O3/c1-3-13(2)25-19-8-7-14(10-18(19)20)9-16(12-21)15-5-4-6-17(11-15)22(23)24/h4-11,13H,3H2,1-2H3/b16-9-/t13-/m0/s1. The molecule has 0 aliphatic rings. The highest BCUT2D eigenvalue weighted by atomic mass is 35.5. The van der Waals surface area contributed by atoms with Crippen LogP contribution < -0.4 is 4.74 Å². The van der Waals surface area contributed by atoms with E-state index in [1.165, 1.54) is 12.1 Å². The zero-order valence-corrected chi connectivity index (χ0v) is 14.7. The summed E-state index contributed by atoms with van der Waals surface area (Å²) in [6.45, 7) is 3.98. The van der Waals surface area contributed by atoms with Gasteiger partial charge in [0.1, 0.15) is 5.75 Å². The molecule has 0 fully saturated rings. The Morgan fingerprint density at radius 3 is 2.76 bits per heavy atom. The van der Waals surface area contributed by atoms with Crippen LogP contribution in [0.25, 0.3) is 11.6 Å². The summed E-state index contributed by atoms with van der Waals surface area (Å²) < 4.78 is 5.71. The fraction of sp³-hybridized carbons (Fsp3) is 0.211. The number of hydrogen-bond donors (Lipinski definition) is 0. The summed E-state index contributed by atoms with van der Waals surface area (Å²) in [7, 11) is 0. The molecule has 0 aliphatic heterocycles. The smallest absolute Gasteiger partial charge is 0.270 e. The van der Waals surface area contributed by atoms with Gasteiger partial charge in [-0.3, -0.25) is 10.1 Å². The Kier molecular flexibility index (Phi) is 6.15. The number of allylic oxidation sites excluding steroid dienone is 1. The molecule has 0 radical (unpaired) electrons. The molecule has 25 heavy (non-hydrogen) atoms. The van der Waals surface area contributed by atoms with Crippen LogP contribution in [0.15, 0.2) is 42.5 Å². The highest BCUT2D eigenvalue weighted by molar-refractivity contribution is 6.32. The predicted molar refractivity (Wildman–Crippen MR) is 98.4 cm³/mol. The Morgan fingerprint density at radius 2 is 2.16 bits per heavy atom. The Hall–Kier alpha value is -2.84. The van der Waals surface area contributed by atoms with E-state index in [0.717, 1.165) is 6.42 Å². The van der Waals surface area contributed by atoms with E-state index in [9.17, 15) is 15.4 Å². The normalized spacial score (nSPS) is 12.3. The van der Waals surface area contributed by atoms with Gasteiger partial charge in [-0.1, -0.05) is 36.7 Å². The van der Waals surface area contributed by atoms with Crippen LogP contribution in [0.3, 0.4) is 0 Å². The van der Waals surface area contributed by atoms with Crippen molar-refractivity contribution in [3.8, 4) is 11.8 Å². The van der Waals surface area contributed by atoms with Crippen LogP contribution in [-0.2, 0) is 0 Å². The summed E-state index contributed by atoms with van der Waals surface area (Å²) in [6, 6.07) is 13.3. The van der Waals surface area contributed by atoms with Crippen LogP contribution in [0.2, 0.25) is 5.02 Å². The third kappa shape index (κ3) is 4.82. The number of rotatable bonds is 6. The van der Waals surface area contributed by atoms with Crippen molar-refractivity contribution >= 4 is 28.9 Å². The zero-order valence-electron chi connectivity index (χ0n) is 13.9. The van der Waals surface area contributed by atoms with Crippen molar-refractivity contribution in [2.45, 2.75) is 26.4 Å². The van der Waals surface area contributed by atoms with E-state index in [0.29, 0.717) is 27.5 Å². The number of nitro benzene ring substituents is 1. The van der Waals surface area contributed by atoms with Gasteiger partial charge in [0.05, 0.1) is 27.7 Å². The summed E-state index contributed by atoms with van der Waals surface area (Å²) >= 11 is 6.24. The molecule has 0 aliphatic carbocycles. The van der Waals surface area contributed by atoms with Crippen LogP contribution in [0.5, 0.6) is 5.75 Å². The molecule has 0 saturated carbocycles. The Morgan fingerprint density at radius 1 is 1.40 bits per heavy atom. The van der Waals surface area contributed by atoms with Gasteiger partial charge in [-0.05, 0) is 42.7 Å². The molecule has 0 bridgehead atoms. The van der Waals surface area contributed by atoms with Crippen LogP contribution in [-0.4, -0.2) is 11.0 Å². The third-order valence-corrected chi connectivity index (χ3v) is 3.95. The monoisotopic (exact) mass is 356 g/mol. The van der Waals surface area contributed by atoms with Gasteiger partial charge in [-0.25, -0.2) is 0 Å². The number of benzene rings is 2. The van der Waals surface area contributed by atoms with Gasteiger partial charge in [0.2, 0.25) is 0 Å². The number of hydrogen-bond acceptors (Lipinski definition) is 4. The molecule has 5 nitrogen and oxygen atoms in total. The first-order chi connectivity index (χ1) is 11.9. The molecule has 0 saturated heterocycles.